The standard InChI is InChI=1S/C25H24N2O4.C18H19NO3/c1-19(2)30-25-15-14-24(17-26-25)31-23-12-9-20(10-13-23)8-11-22(28)16-27-29-18-21-6-4-3-5-7-21;1-13(2)21-18-11-10-17(12-19-18)22-16-8-6-15(7-9-16)5-4-14(3)20/h3-17,19H,18H2,1-2H3;4-13H,1-3H3/b11-8+,27-16?;5-4+. The van der Waals surface area contributed by atoms with Crippen LogP contribution in [0.1, 0.15) is 51.3 Å². The highest BCUT2D eigenvalue weighted by Crippen LogP contribution is 2.24. The molecule has 0 amide bonds. The van der Waals surface area contributed by atoms with Gasteiger partial charge in [-0.15, -0.1) is 0 Å². The summed E-state index contributed by atoms with van der Waals surface area (Å²) >= 11 is 0. The van der Waals surface area contributed by atoms with Gasteiger partial charge >= 0.3 is 0 Å². The van der Waals surface area contributed by atoms with Crippen LogP contribution in [0.3, 0.4) is 0 Å². The van der Waals surface area contributed by atoms with Crippen molar-refractivity contribution in [2.45, 2.75) is 53.4 Å². The summed E-state index contributed by atoms with van der Waals surface area (Å²) in [7, 11) is 0. The third kappa shape index (κ3) is 15.5. The highest BCUT2D eigenvalue weighted by molar-refractivity contribution is 6.33. The highest BCUT2D eigenvalue weighted by Gasteiger charge is 2.04. The van der Waals surface area contributed by atoms with Gasteiger partial charge in [-0.25, -0.2) is 9.97 Å². The zero-order chi connectivity index (χ0) is 37.8. The van der Waals surface area contributed by atoms with Crippen LogP contribution in [-0.2, 0) is 21.0 Å². The average Bonchev–Trinajstić information content (AvgIpc) is 3.15. The smallest absolute Gasteiger partial charge is 0.213 e. The lowest BCUT2D eigenvalue weighted by atomic mass is 10.2. The second kappa shape index (κ2) is 21.0. The van der Waals surface area contributed by atoms with Gasteiger partial charge in [0.05, 0.1) is 24.6 Å². The second-order valence-corrected chi connectivity index (χ2v) is 12.0. The zero-order valence-corrected chi connectivity index (χ0v) is 30.4. The number of allylic oxidation sites excluding steroid dienone is 2. The number of rotatable bonds is 16. The molecule has 5 rings (SSSR count). The minimum atomic E-state index is -0.261. The normalized spacial score (nSPS) is 11.1. The van der Waals surface area contributed by atoms with E-state index in [1.807, 2.05) is 113 Å². The zero-order valence-electron chi connectivity index (χ0n) is 30.4. The topological polar surface area (TPSA) is 118 Å². The lowest BCUT2D eigenvalue weighted by Gasteiger charge is -2.09. The molecule has 2 heterocycles. The van der Waals surface area contributed by atoms with Crippen LogP contribution in [0.15, 0.2) is 133 Å². The summed E-state index contributed by atoms with van der Waals surface area (Å²) in [5.74, 6) is 3.52. The molecule has 0 saturated carbocycles. The number of oxime groups is 1. The Morgan fingerprint density at radius 1 is 0.623 bits per heavy atom. The van der Waals surface area contributed by atoms with Crippen molar-refractivity contribution >= 4 is 29.9 Å². The monoisotopic (exact) mass is 713 g/mol. The van der Waals surface area contributed by atoms with Crippen molar-refractivity contribution in [2.75, 3.05) is 0 Å². The minimum Gasteiger partial charge on any atom is -0.475 e. The van der Waals surface area contributed by atoms with Crippen molar-refractivity contribution in [1.82, 2.24) is 9.97 Å². The molecule has 0 aliphatic rings. The third-order valence-corrected chi connectivity index (χ3v) is 6.64. The van der Waals surface area contributed by atoms with Gasteiger partial charge in [0.1, 0.15) is 35.8 Å². The molecular formula is C43H43N3O7. The molecule has 0 unspecified atom stereocenters. The number of hydrogen-bond acceptors (Lipinski definition) is 10. The van der Waals surface area contributed by atoms with Crippen LogP contribution in [0.5, 0.6) is 34.8 Å². The average molecular weight is 714 g/mol. The first kappa shape index (κ1) is 39.2. The molecule has 10 heteroatoms. The van der Waals surface area contributed by atoms with Crippen molar-refractivity contribution < 1.29 is 33.4 Å². The van der Waals surface area contributed by atoms with Gasteiger partial charge in [-0.2, -0.15) is 0 Å². The van der Waals surface area contributed by atoms with E-state index in [4.69, 9.17) is 23.8 Å². The van der Waals surface area contributed by atoms with Crippen LogP contribution >= 0.6 is 0 Å². The first-order valence-electron chi connectivity index (χ1n) is 17.0. The van der Waals surface area contributed by atoms with E-state index in [1.165, 1.54) is 19.1 Å². The van der Waals surface area contributed by atoms with Gasteiger partial charge < -0.3 is 23.8 Å². The Morgan fingerprint density at radius 2 is 1.09 bits per heavy atom. The van der Waals surface area contributed by atoms with Gasteiger partial charge in [-0.3, -0.25) is 9.59 Å². The number of aromatic nitrogens is 2. The molecule has 3 aromatic carbocycles. The molecule has 10 nitrogen and oxygen atoms in total. The van der Waals surface area contributed by atoms with Gasteiger partial charge in [-0.1, -0.05) is 71.9 Å². The lowest BCUT2D eigenvalue weighted by Crippen LogP contribution is -2.06. The Labute approximate surface area is 310 Å². The van der Waals surface area contributed by atoms with Crippen molar-refractivity contribution in [3.63, 3.8) is 0 Å². The maximum Gasteiger partial charge on any atom is 0.213 e. The number of benzene rings is 3. The Bertz CT molecular complexity index is 1940. The number of carbonyl (C=O) groups excluding carboxylic acids is 2. The molecule has 0 atom stereocenters. The first-order chi connectivity index (χ1) is 25.6. The molecule has 5 aromatic rings. The molecule has 0 bridgehead atoms. The van der Waals surface area contributed by atoms with Gasteiger partial charge in [-0.05, 0) is 99.9 Å². The molecule has 0 spiro atoms. The second-order valence-electron chi connectivity index (χ2n) is 12.0. The van der Waals surface area contributed by atoms with E-state index in [2.05, 4.69) is 15.1 Å². The van der Waals surface area contributed by atoms with E-state index >= 15 is 0 Å². The van der Waals surface area contributed by atoms with Crippen LogP contribution in [0.25, 0.3) is 12.2 Å². The predicted octanol–water partition coefficient (Wildman–Crippen LogP) is 9.71. The van der Waals surface area contributed by atoms with E-state index in [9.17, 15) is 9.59 Å². The van der Waals surface area contributed by atoms with E-state index < -0.39 is 0 Å². The molecule has 2 aromatic heterocycles. The largest absolute Gasteiger partial charge is 0.475 e. The summed E-state index contributed by atoms with van der Waals surface area (Å²) in [5.41, 5.74) is 2.79. The Kier molecular flexibility index (Phi) is 15.5. The predicted molar refractivity (Wildman–Crippen MR) is 207 cm³/mol. The number of nitrogens with zero attached hydrogens (tertiary/aromatic N) is 3. The Morgan fingerprint density at radius 3 is 1.53 bits per heavy atom. The van der Waals surface area contributed by atoms with Crippen LogP contribution in [-0.4, -0.2) is 40.0 Å². The quantitative estimate of drug-likeness (QED) is 0.0559. The number of ketones is 2. The highest BCUT2D eigenvalue weighted by atomic mass is 16.6. The maximum atomic E-state index is 11.9. The molecule has 0 aliphatic carbocycles. The third-order valence-electron chi connectivity index (χ3n) is 6.64. The van der Waals surface area contributed by atoms with Crippen molar-refractivity contribution in [3.8, 4) is 34.8 Å². The number of hydrogen-bond donors (Lipinski definition) is 0. The van der Waals surface area contributed by atoms with Gasteiger partial charge in [0, 0.05) is 12.1 Å². The van der Waals surface area contributed by atoms with E-state index in [1.54, 1.807) is 42.7 Å². The lowest BCUT2D eigenvalue weighted by molar-refractivity contribution is -0.112. The molecule has 0 saturated heterocycles. The first-order valence-corrected chi connectivity index (χ1v) is 17.0. The van der Waals surface area contributed by atoms with Crippen molar-refractivity contribution in [1.29, 1.82) is 0 Å². The molecule has 53 heavy (non-hydrogen) atoms. The Hall–Kier alpha value is -6.55. The fourth-order valence-corrected chi connectivity index (χ4v) is 4.25. The molecule has 0 radical (unpaired) electrons. The molecular weight excluding hydrogens is 670 g/mol. The van der Waals surface area contributed by atoms with Crippen LogP contribution < -0.4 is 18.9 Å². The Balaban J connectivity index is 0.000000251. The van der Waals surface area contributed by atoms with E-state index in [-0.39, 0.29) is 23.8 Å². The van der Waals surface area contributed by atoms with E-state index in [0.717, 1.165) is 22.9 Å². The number of carbonyl (C=O) groups is 2. The molecule has 0 N–H and O–H groups in total. The summed E-state index contributed by atoms with van der Waals surface area (Å²) in [6.07, 6.45) is 11.0. The van der Waals surface area contributed by atoms with Crippen molar-refractivity contribution in [2.24, 2.45) is 5.16 Å². The summed E-state index contributed by atoms with van der Waals surface area (Å²) < 4.78 is 22.5. The molecule has 0 aliphatic heterocycles. The van der Waals surface area contributed by atoms with E-state index in [0.29, 0.717) is 41.4 Å². The van der Waals surface area contributed by atoms with Crippen LogP contribution in [0.4, 0.5) is 0 Å². The van der Waals surface area contributed by atoms with Gasteiger partial charge in [0.2, 0.25) is 11.8 Å². The van der Waals surface area contributed by atoms with Gasteiger partial charge in [0.25, 0.3) is 0 Å². The summed E-state index contributed by atoms with van der Waals surface area (Å²) in [6, 6.07) is 31.6. The van der Waals surface area contributed by atoms with Gasteiger partial charge in [0.15, 0.2) is 11.6 Å². The van der Waals surface area contributed by atoms with Crippen molar-refractivity contribution in [3.05, 3.63) is 144 Å². The summed E-state index contributed by atoms with van der Waals surface area (Å²) in [5, 5.41) is 3.70. The fourth-order valence-electron chi connectivity index (χ4n) is 4.25. The van der Waals surface area contributed by atoms with Crippen LogP contribution in [0.2, 0.25) is 0 Å². The summed E-state index contributed by atoms with van der Waals surface area (Å²) in [4.78, 5) is 36.3. The number of ether oxygens (including phenoxy) is 4. The minimum absolute atomic E-state index is 0.0232. The summed E-state index contributed by atoms with van der Waals surface area (Å²) in [6.45, 7) is 9.64. The SMILES string of the molecule is CC(=O)/C=C/c1ccc(Oc2ccc(OC(C)C)nc2)cc1.CC(C)Oc1ccc(Oc2ccc(/C=C/C(=O)C=NOCc3ccccc3)cc2)cn1. The van der Waals surface area contributed by atoms with Crippen LogP contribution in [0, 0.1) is 0 Å². The number of pyridine rings is 2. The fraction of sp³-hybridized carbons (Fsp3) is 0.186. The molecule has 272 valence electrons. The maximum absolute atomic E-state index is 11.9. The molecule has 0 fully saturated rings.